The Morgan fingerprint density at radius 3 is 2.83 bits per heavy atom. The first kappa shape index (κ1) is 24.2. The highest BCUT2D eigenvalue weighted by Crippen LogP contribution is 2.31. The number of fused-ring (bicyclic) bond motifs is 1. The van der Waals surface area contributed by atoms with Gasteiger partial charge < -0.3 is 19.9 Å². The van der Waals surface area contributed by atoms with Crippen molar-refractivity contribution in [3.8, 4) is 11.4 Å². The summed E-state index contributed by atoms with van der Waals surface area (Å²) in [5.41, 5.74) is 4.23. The molecule has 1 saturated heterocycles. The fraction of sp³-hybridized carbons (Fsp3) is 0.429. The summed E-state index contributed by atoms with van der Waals surface area (Å²) in [5, 5.41) is 2.86. The molecule has 0 bridgehead atoms. The lowest BCUT2D eigenvalue weighted by Gasteiger charge is -2.33. The largest absolute Gasteiger partial charge is 0.380 e. The van der Waals surface area contributed by atoms with Gasteiger partial charge in [0.2, 0.25) is 5.91 Å². The number of benzene rings is 1. The van der Waals surface area contributed by atoms with E-state index in [-0.39, 0.29) is 5.91 Å². The van der Waals surface area contributed by atoms with Gasteiger partial charge in [-0.25, -0.2) is 15.0 Å². The van der Waals surface area contributed by atoms with Crippen molar-refractivity contribution < 1.29 is 9.53 Å². The lowest BCUT2D eigenvalue weighted by atomic mass is 10.0. The van der Waals surface area contributed by atoms with Crippen LogP contribution >= 0.6 is 0 Å². The molecule has 0 atom stereocenters. The molecule has 8 nitrogen and oxygen atoms in total. The molecule has 0 unspecified atom stereocenters. The molecule has 0 radical (unpaired) electrons. The van der Waals surface area contributed by atoms with Crippen LogP contribution in [0.15, 0.2) is 53.3 Å². The van der Waals surface area contributed by atoms with Crippen molar-refractivity contribution >= 4 is 17.9 Å². The number of nitrogens with zero attached hydrogens (tertiary/aromatic N) is 5. The third-order valence-electron chi connectivity index (χ3n) is 6.71. The molecule has 0 saturated carbocycles. The number of aromatic nitrogens is 2. The van der Waals surface area contributed by atoms with E-state index in [9.17, 15) is 4.79 Å². The average Bonchev–Trinajstić information content (AvgIpc) is 3.34. The number of hydrogen-bond acceptors (Lipinski definition) is 7. The van der Waals surface area contributed by atoms with E-state index in [2.05, 4.69) is 32.3 Å². The third kappa shape index (κ3) is 5.65. The van der Waals surface area contributed by atoms with Gasteiger partial charge in [0.1, 0.15) is 11.6 Å². The van der Waals surface area contributed by atoms with Crippen molar-refractivity contribution in [2.75, 3.05) is 44.3 Å². The minimum atomic E-state index is 0.0340. The van der Waals surface area contributed by atoms with Crippen molar-refractivity contribution in [1.29, 1.82) is 0 Å². The van der Waals surface area contributed by atoms with Crippen LogP contribution in [0.1, 0.15) is 36.6 Å². The second-order valence-corrected chi connectivity index (χ2v) is 9.25. The standard InChI is InChI=1S/C28H34N6O2/c1-2-29-26(35)19-21-8-10-22(11-9-21)27-31-24-20-34(25-7-4-3-5-13-30-25)15-12-23(24)28(32-27)33-14-6-17-36-18-16-33/h3,5,7-11,13H,2,4,6,12,14-20H2,1H3,(H,29,35). The number of allylic oxidation sites excluding steroid dienone is 3. The fourth-order valence-corrected chi connectivity index (χ4v) is 4.87. The van der Waals surface area contributed by atoms with E-state index in [1.165, 1.54) is 5.56 Å². The third-order valence-corrected chi connectivity index (χ3v) is 6.71. The summed E-state index contributed by atoms with van der Waals surface area (Å²) in [7, 11) is 0. The van der Waals surface area contributed by atoms with Crippen LogP contribution in [-0.2, 0) is 28.9 Å². The molecule has 3 aliphatic heterocycles. The summed E-state index contributed by atoms with van der Waals surface area (Å²) < 4.78 is 5.72. The van der Waals surface area contributed by atoms with Gasteiger partial charge in [-0.1, -0.05) is 30.3 Å². The number of nitrogens with one attached hydrogen (secondary N) is 1. The fourth-order valence-electron chi connectivity index (χ4n) is 4.87. The summed E-state index contributed by atoms with van der Waals surface area (Å²) in [6, 6.07) is 8.04. The molecule has 0 spiro atoms. The first-order valence-electron chi connectivity index (χ1n) is 12.9. The number of aliphatic imine (C=N–C) groups is 1. The smallest absolute Gasteiger partial charge is 0.224 e. The Morgan fingerprint density at radius 1 is 1.08 bits per heavy atom. The van der Waals surface area contributed by atoms with Gasteiger partial charge in [0, 0.05) is 50.1 Å². The number of anilines is 1. The van der Waals surface area contributed by atoms with E-state index in [1.54, 1.807) is 0 Å². The van der Waals surface area contributed by atoms with E-state index in [0.29, 0.717) is 26.1 Å². The highest BCUT2D eigenvalue weighted by atomic mass is 16.5. The van der Waals surface area contributed by atoms with Gasteiger partial charge in [0.05, 0.1) is 25.3 Å². The lowest BCUT2D eigenvalue weighted by Crippen LogP contribution is -2.34. The van der Waals surface area contributed by atoms with Crippen LogP contribution in [0.5, 0.6) is 0 Å². The molecule has 2 aromatic rings. The average molecular weight is 487 g/mol. The number of hydrogen-bond donors (Lipinski definition) is 1. The second-order valence-electron chi connectivity index (χ2n) is 9.25. The van der Waals surface area contributed by atoms with Gasteiger partial charge in [-0.15, -0.1) is 0 Å². The zero-order valence-corrected chi connectivity index (χ0v) is 20.9. The number of amides is 1. The number of likely N-dealkylation sites (N-methyl/N-ethyl adjacent to an activating group) is 1. The van der Waals surface area contributed by atoms with Crippen LogP contribution in [0.2, 0.25) is 0 Å². The molecule has 5 rings (SSSR count). The molecule has 1 aromatic heterocycles. The predicted molar refractivity (Wildman–Crippen MR) is 142 cm³/mol. The Bertz CT molecular complexity index is 1160. The molecule has 1 amide bonds. The topological polar surface area (TPSA) is 83.0 Å². The molecule has 8 heteroatoms. The maximum Gasteiger partial charge on any atom is 0.224 e. The highest BCUT2D eigenvalue weighted by Gasteiger charge is 2.27. The van der Waals surface area contributed by atoms with Crippen molar-refractivity contribution in [2.45, 2.75) is 39.2 Å². The van der Waals surface area contributed by atoms with E-state index in [4.69, 9.17) is 14.7 Å². The zero-order valence-electron chi connectivity index (χ0n) is 20.9. The van der Waals surface area contributed by atoms with E-state index in [1.807, 2.05) is 43.5 Å². The van der Waals surface area contributed by atoms with Gasteiger partial charge in [0.25, 0.3) is 0 Å². The van der Waals surface area contributed by atoms with Gasteiger partial charge in [0.15, 0.2) is 5.82 Å². The van der Waals surface area contributed by atoms with E-state index >= 15 is 0 Å². The Kier molecular flexibility index (Phi) is 7.71. The van der Waals surface area contributed by atoms with Crippen LogP contribution < -0.4 is 10.2 Å². The number of carbonyl (C=O) groups is 1. The Hall–Kier alpha value is -3.52. The molecular weight excluding hydrogens is 452 g/mol. The maximum atomic E-state index is 12.0. The number of carbonyl (C=O) groups excluding carboxylic acids is 1. The second kappa shape index (κ2) is 11.5. The van der Waals surface area contributed by atoms with Crippen molar-refractivity contribution in [3.63, 3.8) is 0 Å². The molecule has 36 heavy (non-hydrogen) atoms. The Labute approximate surface area is 212 Å². The minimum Gasteiger partial charge on any atom is -0.380 e. The van der Waals surface area contributed by atoms with Crippen LogP contribution in [0.3, 0.4) is 0 Å². The normalized spacial score (nSPS) is 17.8. The monoisotopic (exact) mass is 486 g/mol. The van der Waals surface area contributed by atoms with Crippen LogP contribution in [-0.4, -0.2) is 66.4 Å². The van der Waals surface area contributed by atoms with Crippen molar-refractivity contribution in [3.05, 3.63) is 65.1 Å². The molecular formula is C28H34N6O2. The quantitative estimate of drug-likeness (QED) is 0.675. The molecule has 0 aliphatic carbocycles. The van der Waals surface area contributed by atoms with Crippen LogP contribution in [0.4, 0.5) is 5.82 Å². The molecule has 1 aromatic carbocycles. The van der Waals surface area contributed by atoms with Gasteiger partial charge in [-0.2, -0.15) is 0 Å². The molecule has 3 aliphatic rings. The molecule has 1 fully saturated rings. The summed E-state index contributed by atoms with van der Waals surface area (Å²) in [6.07, 6.45) is 11.3. The molecule has 4 heterocycles. The molecule has 188 valence electrons. The van der Waals surface area contributed by atoms with Crippen LogP contribution in [0.25, 0.3) is 11.4 Å². The first-order valence-corrected chi connectivity index (χ1v) is 12.9. The maximum absolute atomic E-state index is 12.0. The highest BCUT2D eigenvalue weighted by molar-refractivity contribution is 5.78. The number of rotatable bonds is 6. The van der Waals surface area contributed by atoms with Gasteiger partial charge in [-0.3, -0.25) is 4.79 Å². The summed E-state index contributed by atoms with van der Waals surface area (Å²) in [4.78, 5) is 31.5. The van der Waals surface area contributed by atoms with Gasteiger partial charge in [-0.05, 0) is 43.9 Å². The molecule has 1 N–H and O–H groups in total. The predicted octanol–water partition coefficient (Wildman–Crippen LogP) is 3.28. The van der Waals surface area contributed by atoms with Crippen LogP contribution in [0, 0.1) is 0 Å². The summed E-state index contributed by atoms with van der Waals surface area (Å²) in [5.74, 6) is 2.80. The summed E-state index contributed by atoms with van der Waals surface area (Å²) in [6.45, 7) is 7.43. The van der Waals surface area contributed by atoms with E-state index < -0.39 is 0 Å². The Balaban J connectivity index is 1.47. The summed E-state index contributed by atoms with van der Waals surface area (Å²) >= 11 is 0. The van der Waals surface area contributed by atoms with Gasteiger partial charge >= 0.3 is 0 Å². The van der Waals surface area contributed by atoms with Crippen molar-refractivity contribution in [2.24, 2.45) is 4.99 Å². The SMILES string of the molecule is CCNC(=O)Cc1ccc(-c2nc3c(c(N4CCCOCC4)n2)CCN(C2=CCC=CC=N2)C3)cc1. The van der Waals surface area contributed by atoms with Crippen molar-refractivity contribution in [1.82, 2.24) is 20.2 Å². The number of ether oxygens (including phenoxy) is 1. The lowest BCUT2D eigenvalue weighted by molar-refractivity contribution is -0.120. The van der Waals surface area contributed by atoms with E-state index in [0.717, 1.165) is 79.8 Å². The Morgan fingerprint density at radius 2 is 1.97 bits per heavy atom. The minimum absolute atomic E-state index is 0.0340. The first-order chi connectivity index (χ1) is 17.7. The zero-order chi connectivity index (χ0) is 24.7.